The van der Waals surface area contributed by atoms with Crippen LogP contribution in [-0.4, -0.2) is 51.1 Å². The Balaban J connectivity index is 1.50. The number of carbonyl (C=O) groups is 2. The molecule has 2 heterocycles. The normalized spacial score (nSPS) is 18.1. The Morgan fingerprint density at radius 3 is 2.40 bits per heavy atom. The van der Waals surface area contributed by atoms with E-state index in [4.69, 9.17) is 4.74 Å². The van der Waals surface area contributed by atoms with Crippen LogP contribution in [-0.2, 0) is 11.2 Å². The van der Waals surface area contributed by atoms with Crippen molar-refractivity contribution in [1.29, 1.82) is 0 Å². The average Bonchev–Trinajstić information content (AvgIpc) is 3.07. The van der Waals surface area contributed by atoms with Crippen LogP contribution in [0.2, 0.25) is 0 Å². The van der Waals surface area contributed by atoms with Crippen molar-refractivity contribution in [2.24, 2.45) is 0 Å². The smallest absolute Gasteiger partial charge is 0.319 e. The molecule has 156 valence electrons. The molecule has 0 saturated heterocycles. The van der Waals surface area contributed by atoms with E-state index in [1.165, 1.54) is 0 Å². The number of hydrogen-bond donors (Lipinski definition) is 2. The van der Waals surface area contributed by atoms with E-state index in [0.29, 0.717) is 24.4 Å². The Bertz CT molecular complexity index is 981. The predicted octanol–water partition coefficient (Wildman–Crippen LogP) is 2.45. The molecule has 0 spiro atoms. The summed E-state index contributed by atoms with van der Waals surface area (Å²) in [5.41, 5.74) is 4.41. The highest BCUT2D eigenvalue weighted by molar-refractivity contribution is 6.01. The molecule has 7 nitrogen and oxygen atoms in total. The third-order valence-electron chi connectivity index (χ3n) is 5.59. The molecule has 2 aromatic rings. The lowest BCUT2D eigenvalue weighted by Gasteiger charge is -2.26. The third kappa shape index (κ3) is 3.83. The predicted molar refractivity (Wildman–Crippen MR) is 115 cm³/mol. The molecule has 0 aromatic heterocycles. The number of urea groups is 1. The van der Waals surface area contributed by atoms with E-state index in [1.807, 2.05) is 67.5 Å². The maximum absolute atomic E-state index is 13.2. The van der Waals surface area contributed by atoms with E-state index < -0.39 is 6.04 Å². The summed E-state index contributed by atoms with van der Waals surface area (Å²) in [4.78, 5) is 29.2. The van der Waals surface area contributed by atoms with Crippen molar-refractivity contribution in [2.75, 3.05) is 39.2 Å². The molecule has 4 rings (SSSR count). The molecule has 2 aliphatic rings. The molecule has 0 fully saturated rings. The second-order valence-corrected chi connectivity index (χ2v) is 7.73. The number of nitrogens with zero attached hydrogens (tertiary/aromatic N) is 2. The van der Waals surface area contributed by atoms with Gasteiger partial charge in [-0.05, 0) is 41.8 Å². The lowest BCUT2D eigenvalue weighted by molar-refractivity contribution is -0.125. The lowest BCUT2D eigenvalue weighted by Crippen LogP contribution is -2.44. The van der Waals surface area contributed by atoms with E-state index in [0.717, 1.165) is 29.0 Å². The first-order valence-corrected chi connectivity index (χ1v) is 9.96. The van der Waals surface area contributed by atoms with Crippen molar-refractivity contribution in [3.8, 4) is 5.75 Å². The largest absolute Gasteiger partial charge is 0.497 e. The third-order valence-corrected chi connectivity index (χ3v) is 5.59. The van der Waals surface area contributed by atoms with Crippen LogP contribution in [0.5, 0.6) is 5.75 Å². The van der Waals surface area contributed by atoms with Gasteiger partial charge in [-0.1, -0.05) is 24.3 Å². The summed E-state index contributed by atoms with van der Waals surface area (Å²) in [7, 11) is 5.59. The number of anilines is 1. The van der Waals surface area contributed by atoms with Gasteiger partial charge in [0.25, 0.3) is 5.91 Å². The van der Waals surface area contributed by atoms with E-state index >= 15 is 0 Å². The zero-order valence-electron chi connectivity index (χ0n) is 17.4. The van der Waals surface area contributed by atoms with E-state index in [2.05, 4.69) is 10.6 Å². The van der Waals surface area contributed by atoms with E-state index in [1.54, 1.807) is 12.0 Å². The van der Waals surface area contributed by atoms with Crippen LogP contribution in [0.1, 0.15) is 17.2 Å². The van der Waals surface area contributed by atoms with Gasteiger partial charge < -0.3 is 25.2 Å². The first kappa shape index (κ1) is 19.8. The molecule has 7 heteroatoms. The second kappa shape index (κ2) is 8.10. The number of amides is 3. The second-order valence-electron chi connectivity index (χ2n) is 7.73. The first-order chi connectivity index (χ1) is 14.5. The average molecular weight is 406 g/mol. The monoisotopic (exact) mass is 406 g/mol. The van der Waals surface area contributed by atoms with Crippen molar-refractivity contribution >= 4 is 17.6 Å². The number of carbonyl (C=O) groups excluding carboxylic acids is 2. The number of rotatable bonds is 6. The van der Waals surface area contributed by atoms with Gasteiger partial charge in [-0.15, -0.1) is 0 Å². The van der Waals surface area contributed by atoms with Gasteiger partial charge in [-0.3, -0.25) is 4.79 Å². The Hall–Kier alpha value is -3.48. The van der Waals surface area contributed by atoms with Gasteiger partial charge in [0.1, 0.15) is 5.75 Å². The topological polar surface area (TPSA) is 73.9 Å². The maximum Gasteiger partial charge on any atom is 0.319 e. The highest BCUT2D eigenvalue weighted by Crippen LogP contribution is 2.33. The summed E-state index contributed by atoms with van der Waals surface area (Å²) in [5.74, 6) is 0.776. The van der Waals surface area contributed by atoms with Crippen LogP contribution in [0.4, 0.5) is 10.5 Å². The van der Waals surface area contributed by atoms with Gasteiger partial charge in [0.05, 0.1) is 31.0 Å². The fourth-order valence-electron chi connectivity index (χ4n) is 3.88. The SMILES string of the molecule is COc1ccc(CCN2CC3=C(C2=O)C(c2ccc(N(C)C)cc2)NC(=O)N3)cc1. The highest BCUT2D eigenvalue weighted by Gasteiger charge is 2.40. The van der Waals surface area contributed by atoms with Gasteiger partial charge in [0.2, 0.25) is 0 Å². The Labute approximate surface area is 176 Å². The summed E-state index contributed by atoms with van der Waals surface area (Å²) in [6.45, 7) is 1.00. The van der Waals surface area contributed by atoms with Crippen LogP contribution in [0.3, 0.4) is 0 Å². The zero-order chi connectivity index (χ0) is 21.3. The van der Waals surface area contributed by atoms with Crippen LogP contribution in [0, 0.1) is 0 Å². The molecule has 2 aromatic carbocycles. The molecule has 3 amide bonds. The summed E-state index contributed by atoms with van der Waals surface area (Å²) < 4.78 is 5.19. The van der Waals surface area contributed by atoms with Crippen molar-refractivity contribution in [1.82, 2.24) is 15.5 Å². The standard InChI is InChI=1S/C23H26N4O3/c1-26(2)17-8-6-16(7-9-17)21-20-19(24-23(29)25-21)14-27(22(20)28)13-12-15-4-10-18(30-3)11-5-15/h4-11,21H,12-14H2,1-3H3,(H2,24,25,29). The molecule has 2 N–H and O–H groups in total. The molecule has 1 unspecified atom stereocenters. The van der Waals surface area contributed by atoms with Gasteiger partial charge >= 0.3 is 6.03 Å². The first-order valence-electron chi connectivity index (χ1n) is 9.96. The Kier molecular flexibility index (Phi) is 5.35. The zero-order valence-corrected chi connectivity index (χ0v) is 17.4. The number of hydrogen-bond acceptors (Lipinski definition) is 4. The maximum atomic E-state index is 13.2. The molecule has 0 bridgehead atoms. The van der Waals surface area contributed by atoms with Crippen molar-refractivity contribution in [3.05, 3.63) is 70.9 Å². The minimum absolute atomic E-state index is 0.0345. The summed E-state index contributed by atoms with van der Waals surface area (Å²) >= 11 is 0. The number of methoxy groups -OCH3 is 1. The van der Waals surface area contributed by atoms with E-state index in [-0.39, 0.29) is 11.9 Å². The minimum atomic E-state index is -0.441. The summed E-state index contributed by atoms with van der Waals surface area (Å²) in [6.07, 6.45) is 0.736. The fraction of sp³-hybridized carbons (Fsp3) is 0.304. The lowest BCUT2D eigenvalue weighted by atomic mass is 9.96. The van der Waals surface area contributed by atoms with Crippen LogP contribution in [0.25, 0.3) is 0 Å². The molecule has 0 radical (unpaired) electrons. The minimum Gasteiger partial charge on any atom is -0.497 e. The Morgan fingerprint density at radius 2 is 1.77 bits per heavy atom. The number of benzene rings is 2. The van der Waals surface area contributed by atoms with Crippen molar-refractivity contribution in [2.45, 2.75) is 12.5 Å². The molecule has 2 aliphatic heterocycles. The highest BCUT2D eigenvalue weighted by atomic mass is 16.5. The fourth-order valence-corrected chi connectivity index (χ4v) is 3.88. The summed E-state index contributed by atoms with van der Waals surface area (Å²) in [5, 5.41) is 5.73. The molecular formula is C23H26N4O3. The Morgan fingerprint density at radius 1 is 1.07 bits per heavy atom. The van der Waals surface area contributed by atoms with Gasteiger partial charge in [0.15, 0.2) is 0 Å². The van der Waals surface area contributed by atoms with Gasteiger partial charge in [-0.2, -0.15) is 0 Å². The molecule has 0 aliphatic carbocycles. The molecule has 30 heavy (non-hydrogen) atoms. The van der Waals surface area contributed by atoms with Crippen molar-refractivity contribution in [3.63, 3.8) is 0 Å². The van der Waals surface area contributed by atoms with E-state index in [9.17, 15) is 9.59 Å². The number of ether oxygens (including phenoxy) is 1. The molecule has 1 atom stereocenters. The van der Waals surface area contributed by atoms with Crippen LogP contribution in [0.15, 0.2) is 59.8 Å². The van der Waals surface area contributed by atoms with Crippen LogP contribution < -0.4 is 20.3 Å². The van der Waals surface area contributed by atoms with Gasteiger partial charge in [-0.25, -0.2) is 4.79 Å². The van der Waals surface area contributed by atoms with Crippen molar-refractivity contribution < 1.29 is 14.3 Å². The molecule has 0 saturated carbocycles. The van der Waals surface area contributed by atoms with Crippen LogP contribution >= 0.6 is 0 Å². The number of nitrogens with one attached hydrogen (secondary N) is 2. The van der Waals surface area contributed by atoms with Gasteiger partial charge in [0, 0.05) is 26.3 Å². The molecular weight excluding hydrogens is 380 g/mol. The quantitative estimate of drug-likeness (QED) is 0.773. The summed E-state index contributed by atoms with van der Waals surface area (Å²) in [6, 6.07) is 15.0.